The number of rotatable bonds is 9. The Morgan fingerprint density at radius 3 is 2.46 bits per heavy atom. The monoisotopic (exact) mass is 529 g/mol. The largest absolute Gasteiger partial charge is 0.493 e. The van der Waals surface area contributed by atoms with Crippen molar-refractivity contribution in [3.8, 4) is 17.2 Å². The predicted octanol–water partition coefficient (Wildman–Crippen LogP) is 6.70. The van der Waals surface area contributed by atoms with Crippen molar-refractivity contribution in [1.82, 2.24) is 4.90 Å². The third kappa shape index (κ3) is 6.11. The van der Waals surface area contributed by atoms with Crippen molar-refractivity contribution in [3.05, 3.63) is 92.8 Å². The number of imide groups is 1. The van der Waals surface area contributed by atoms with Crippen molar-refractivity contribution in [2.75, 3.05) is 20.3 Å². The third-order valence-electron chi connectivity index (χ3n) is 5.12. The first-order valence-electron chi connectivity index (χ1n) is 10.6. The second kappa shape index (κ2) is 11.5. The maximum Gasteiger partial charge on any atom is 0.293 e. The second-order valence-electron chi connectivity index (χ2n) is 7.39. The highest BCUT2D eigenvalue weighted by Gasteiger charge is 2.35. The van der Waals surface area contributed by atoms with Crippen LogP contribution >= 0.6 is 35.0 Å². The van der Waals surface area contributed by atoms with Gasteiger partial charge in [-0.2, -0.15) is 0 Å². The molecule has 4 rings (SSSR count). The number of nitrogens with zero attached hydrogens (tertiary/aromatic N) is 1. The molecule has 0 saturated carbocycles. The van der Waals surface area contributed by atoms with Crippen molar-refractivity contribution < 1.29 is 23.8 Å². The SMILES string of the molecule is COc1cccc(/C=C2\SC(=O)N(CCOc3ccc(Cl)cc3)C2=O)c1OCc1ccccc1Cl. The number of hydrogen-bond donors (Lipinski definition) is 0. The molecular weight excluding hydrogens is 509 g/mol. The molecule has 2 amide bonds. The normalized spacial score (nSPS) is 14.5. The first kappa shape index (κ1) is 25.0. The van der Waals surface area contributed by atoms with E-state index in [0.29, 0.717) is 32.9 Å². The van der Waals surface area contributed by atoms with E-state index in [4.69, 9.17) is 37.4 Å². The Bertz CT molecular complexity index is 1260. The first-order chi connectivity index (χ1) is 17.0. The molecule has 3 aromatic carbocycles. The number of carbonyl (C=O) groups excluding carboxylic acids is 2. The summed E-state index contributed by atoms with van der Waals surface area (Å²) in [7, 11) is 1.54. The molecule has 0 radical (unpaired) electrons. The van der Waals surface area contributed by atoms with Crippen molar-refractivity contribution in [2.45, 2.75) is 6.61 Å². The van der Waals surface area contributed by atoms with Gasteiger partial charge in [0.1, 0.15) is 19.0 Å². The lowest BCUT2D eigenvalue weighted by molar-refractivity contribution is -0.123. The van der Waals surface area contributed by atoms with Gasteiger partial charge in [0, 0.05) is 21.2 Å². The average Bonchev–Trinajstić information content (AvgIpc) is 3.12. The second-order valence-corrected chi connectivity index (χ2v) is 9.23. The van der Waals surface area contributed by atoms with Crippen LogP contribution in [0.5, 0.6) is 17.2 Å². The lowest BCUT2D eigenvalue weighted by Crippen LogP contribution is -2.32. The molecule has 0 atom stereocenters. The summed E-state index contributed by atoms with van der Waals surface area (Å²) in [6.07, 6.45) is 1.63. The van der Waals surface area contributed by atoms with Crippen molar-refractivity contribution >= 4 is 52.2 Å². The van der Waals surface area contributed by atoms with E-state index in [1.165, 1.54) is 7.11 Å². The summed E-state index contributed by atoms with van der Waals surface area (Å²) < 4.78 is 17.1. The lowest BCUT2D eigenvalue weighted by atomic mass is 10.1. The Kier molecular flexibility index (Phi) is 8.23. The number of benzene rings is 3. The van der Waals surface area contributed by atoms with Gasteiger partial charge in [0.05, 0.1) is 18.6 Å². The Morgan fingerprint density at radius 2 is 1.71 bits per heavy atom. The van der Waals surface area contributed by atoms with E-state index in [2.05, 4.69) is 0 Å². The fraction of sp³-hybridized carbons (Fsp3) is 0.154. The summed E-state index contributed by atoms with van der Waals surface area (Å²) in [5.41, 5.74) is 1.42. The van der Waals surface area contributed by atoms with E-state index >= 15 is 0 Å². The molecule has 1 heterocycles. The van der Waals surface area contributed by atoms with Crippen molar-refractivity contribution in [3.63, 3.8) is 0 Å². The Morgan fingerprint density at radius 1 is 0.943 bits per heavy atom. The molecule has 3 aromatic rings. The van der Waals surface area contributed by atoms with Crippen LogP contribution in [0.25, 0.3) is 6.08 Å². The molecule has 0 aliphatic carbocycles. The van der Waals surface area contributed by atoms with E-state index in [1.54, 1.807) is 54.6 Å². The molecule has 1 fully saturated rings. The highest BCUT2D eigenvalue weighted by Crippen LogP contribution is 2.38. The van der Waals surface area contributed by atoms with E-state index in [1.807, 2.05) is 18.2 Å². The molecule has 9 heteroatoms. The Labute approximate surface area is 217 Å². The molecule has 0 unspecified atom stereocenters. The summed E-state index contributed by atoms with van der Waals surface area (Å²) >= 11 is 13.0. The minimum Gasteiger partial charge on any atom is -0.493 e. The Hall–Kier alpha value is -3.13. The summed E-state index contributed by atoms with van der Waals surface area (Å²) in [5, 5.41) is 0.828. The number of halogens is 2. The van der Waals surface area contributed by atoms with Crippen LogP contribution in [0.3, 0.4) is 0 Å². The fourth-order valence-electron chi connectivity index (χ4n) is 3.35. The highest BCUT2D eigenvalue weighted by atomic mass is 35.5. The first-order valence-corrected chi connectivity index (χ1v) is 12.2. The lowest BCUT2D eigenvalue weighted by Gasteiger charge is -2.15. The van der Waals surface area contributed by atoms with Crippen molar-refractivity contribution in [2.24, 2.45) is 0 Å². The summed E-state index contributed by atoms with van der Waals surface area (Å²) in [4.78, 5) is 26.9. The van der Waals surface area contributed by atoms with Gasteiger partial charge in [0.25, 0.3) is 11.1 Å². The number of para-hydroxylation sites is 1. The molecule has 180 valence electrons. The van der Waals surface area contributed by atoms with Gasteiger partial charge in [-0.25, -0.2) is 0 Å². The molecule has 0 N–H and O–H groups in total. The fourth-order valence-corrected chi connectivity index (χ4v) is 4.52. The maximum absolute atomic E-state index is 13.0. The van der Waals surface area contributed by atoms with Crippen LogP contribution in [0.1, 0.15) is 11.1 Å². The van der Waals surface area contributed by atoms with Crippen LogP contribution in [0.15, 0.2) is 71.6 Å². The molecule has 1 aliphatic heterocycles. The van der Waals surface area contributed by atoms with E-state index in [9.17, 15) is 9.59 Å². The van der Waals surface area contributed by atoms with Crippen molar-refractivity contribution in [1.29, 1.82) is 0 Å². The molecule has 1 aliphatic rings. The van der Waals surface area contributed by atoms with Gasteiger partial charge in [-0.1, -0.05) is 53.5 Å². The highest BCUT2D eigenvalue weighted by molar-refractivity contribution is 8.18. The maximum atomic E-state index is 13.0. The summed E-state index contributed by atoms with van der Waals surface area (Å²) in [6, 6.07) is 19.6. The van der Waals surface area contributed by atoms with Gasteiger partial charge in [0.15, 0.2) is 11.5 Å². The number of carbonyl (C=O) groups is 2. The quantitative estimate of drug-likeness (QED) is 0.287. The van der Waals surface area contributed by atoms with E-state index < -0.39 is 0 Å². The van der Waals surface area contributed by atoms with Gasteiger partial charge in [-0.15, -0.1) is 0 Å². The zero-order valence-electron chi connectivity index (χ0n) is 18.7. The standard InChI is InChI=1S/C26H21Cl2NO5S/c1-32-22-8-4-6-17(24(22)34-16-18-5-2-3-7-21(18)28)15-23-25(30)29(26(31)35-23)13-14-33-20-11-9-19(27)10-12-20/h2-12,15H,13-14,16H2,1H3/b23-15-. The zero-order chi connectivity index (χ0) is 24.8. The van der Waals surface area contributed by atoms with Gasteiger partial charge >= 0.3 is 0 Å². The summed E-state index contributed by atoms with van der Waals surface area (Å²) in [6.45, 7) is 0.501. The molecule has 1 saturated heterocycles. The minimum absolute atomic E-state index is 0.124. The van der Waals surface area contributed by atoms with Crippen LogP contribution in [0.2, 0.25) is 10.0 Å². The molecule has 35 heavy (non-hydrogen) atoms. The number of thioether (sulfide) groups is 1. The number of amides is 2. The van der Waals surface area contributed by atoms with E-state index in [-0.39, 0.29) is 35.8 Å². The smallest absolute Gasteiger partial charge is 0.293 e. The van der Waals surface area contributed by atoms with Crippen LogP contribution < -0.4 is 14.2 Å². The summed E-state index contributed by atoms with van der Waals surface area (Å²) in [5.74, 6) is 1.17. The van der Waals surface area contributed by atoms with Gasteiger partial charge in [-0.05, 0) is 54.2 Å². The average molecular weight is 530 g/mol. The topological polar surface area (TPSA) is 65.1 Å². The molecule has 0 bridgehead atoms. The predicted molar refractivity (Wildman–Crippen MR) is 138 cm³/mol. The molecular formula is C26H21Cl2NO5S. The number of ether oxygens (including phenoxy) is 3. The van der Waals surface area contributed by atoms with E-state index in [0.717, 1.165) is 22.2 Å². The van der Waals surface area contributed by atoms with Crippen LogP contribution in [-0.4, -0.2) is 36.3 Å². The number of methoxy groups -OCH3 is 1. The minimum atomic E-state index is -0.389. The van der Waals surface area contributed by atoms with Crippen LogP contribution in [-0.2, 0) is 11.4 Å². The van der Waals surface area contributed by atoms with Gasteiger partial charge in [0.2, 0.25) is 0 Å². The van der Waals surface area contributed by atoms with Crippen LogP contribution in [0, 0.1) is 0 Å². The zero-order valence-corrected chi connectivity index (χ0v) is 21.0. The van der Waals surface area contributed by atoms with Crippen LogP contribution in [0.4, 0.5) is 4.79 Å². The molecule has 0 aromatic heterocycles. The van der Waals surface area contributed by atoms with Gasteiger partial charge in [-0.3, -0.25) is 14.5 Å². The van der Waals surface area contributed by atoms with Gasteiger partial charge < -0.3 is 14.2 Å². The molecule has 6 nitrogen and oxygen atoms in total. The third-order valence-corrected chi connectivity index (χ3v) is 6.64. The number of hydrogen-bond acceptors (Lipinski definition) is 6. The Balaban J connectivity index is 1.48. The molecule has 0 spiro atoms.